The number of hydrogen-bond donors (Lipinski definition) is 1. The normalized spacial score (nSPS) is 10.4. The summed E-state index contributed by atoms with van der Waals surface area (Å²) in [6.45, 7) is 4.52. The van der Waals surface area contributed by atoms with Crippen LogP contribution in [0.5, 0.6) is 0 Å². The van der Waals surface area contributed by atoms with Crippen LogP contribution < -0.4 is 10.2 Å². The van der Waals surface area contributed by atoms with E-state index >= 15 is 0 Å². The fraction of sp³-hybridized carbons (Fsp3) is 0.190. The van der Waals surface area contributed by atoms with Crippen LogP contribution in [0.2, 0.25) is 0 Å². The first kappa shape index (κ1) is 17.6. The van der Waals surface area contributed by atoms with Gasteiger partial charge in [-0.1, -0.05) is 42.5 Å². The van der Waals surface area contributed by atoms with E-state index in [9.17, 15) is 4.79 Å². The SMILES string of the molecule is Cc1cccc(NC(=O)c2cc(C)nc(N(C)Cc3ccccc3)n2)c1. The third kappa shape index (κ3) is 4.45. The van der Waals surface area contributed by atoms with E-state index in [4.69, 9.17) is 0 Å². The Hall–Kier alpha value is -3.21. The number of nitrogens with zero attached hydrogens (tertiary/aromatic N) is 3. The van der Waals surface area contributed by atoms with Gasteiger partial charge in [0.25, 0.3) is 5.91 Å². The average molecular weight is 346 g/mol. The van der Waals surface area contributed by atoms with Gasteiger partial charge in [-0.25, -0.2) is 9.97 Å². The van der Waals surface area contributed by atoms with E-state index in [0.29, 0.717) is 18.2 Å². The molecular weight excluding hydrogens is 324 g/mol. The van der Waals surface area contributed by atoms with Crippen LogP contribution in [-0.2, 0) is 6.54 Å². The van der Waals surface area contributed by atoms with E-state index in [1.165, 1.54) is 0 Å². The number of carbonyl (C=O) groups excluding carboxylic acids is 1. The van der Waals surface area contributed by atoms with Gasteiger partial charge >= 0.3 is 0 Å². The Balaban J connectivity index is 1.79. The van der Waals surface area contributed by atoms with Crippen LogP contribution in [0.15, 0.2) is 60.7 Å². The number of aryl methyl sites for hydroxylation is 2. The number of benzene rings is 2. The summed E-state index contributed by atoms with van der Waals surface area (Å²) in [5.74, 6) is 0.290. The molecule has 26 heavy (non-hydrogen) atoms. The van der Waals surface area contributed by atoms with Crippen molar-refractivity contribution in [1.82, 2.24) is 9.97 Å². The molecule has 0 radical (unpaired) electrons. The number of aromatic nitrogens is 2. The van der Waals surface area contributed by atoms with Crippen LogP contribution in [0.4, 0.5) is 11.6 Å². The second kappa shape index (κ2) is 7.78. The Morgan fingerprint density at radius 2 is 1.77 bits per heavy atom. The summed E-state index contributed by atoms with van der Waals surface area (Å²) in [7, 11) is 1.92. The third-order valence-corrected chi connectivity index (χ3v) is 3.95. The maximum Gasteiger partial charge on any atom is 0.274 e. The Bertz CT molecular complexity index is 909. The molecular formula is C21H22N4O. The summed E-state index contributed by atoms with van der Waals surface area (Å²) >= 11 is 0. The van der Waals surface area contributed by atoms with Gasteiger partial charge in [0.2, 0.25) is 5.95 Å². The van der Waals surface area contributed by atoms with Gasteiger partial charge in [-0.15, -0.1) is 0 Å². The van der Waals surface area contributed by atoms with Crippen LogP contribution >= 0.6 is 0 Å². The summed E-state index contributed by atoms with van der Waals surface area (Å²) in [4.78, 5) is 23.4. The molecule has 1 amide bonds. The lowest BCUT2D eigenvalue weighted by Crippen LogP contribution is -2.22. The zero-order chi connectivity index (χ0) is 18.5. The monoisotopic (exact) mass is 346 g/mol. The highest BCUT2D eigenvalue weighted by Gasteiger charge is 2.13. The maximum atomic E-state index is 12.6. The Morgan fingerprint density at radius 1 is 1.00 bits per heavy atom. The van der Waals surface area contributed by atoms with E-state index in [1.807, 2.05) is 68.3 Å². The second-order valence-corrected chi connectivity index (χ2v) is 6.36. The number of carbonyl (C=O) groups is 1. The first-order valence-electron chi connectivity index (χ1n) is 8.50. The highest BCUT2D eigenvalue weighted by molar-refractivity contribution is 6.03. The van der Waals surface area contributed by atoms with E-state index in [2.05, 4.69) is 27.4 Å². The van der Waals surface area contributed by atoms with Crippen molar-refractivity contribution >= 4 is 17.5 Å². The van der Waals surface area contributed by atoms with E-state index in [0.717, 1.165) is 22.5 Å². The van der Waals surface area contributed by atoms with Crippen molar-refractivity contribution in [3.8, 4) is 0 Å². The summed E-state index contributed by atoms with van der Waals surface area (Å²) < 4.78 is 0. The molecule has 0 spiro atoms. The second-order valence-electron chi connectivity index (χ2n) is 6.36. The lowest BCUT2D eigenvalue weighted by molar-refractivity contribution is 0.102. The molecule has 0 atom stereocenters. The largest absolute Gasteiger partial charge is 0.340 e. The molecule has 5 heteroatoms. The summed E-state index contributed by atoms with van der Waals surface area (Å²) in [6.07, 6.45) is 0. The third-order valence-electron chi connectivity index (χ3n) is 3.95. The minimum absolute atomic E-state index is 0.240. The standard InChI is InChI=1S/C21H22N4O/c1-15-8-7-11-18(12-15)23-20(26)19-13-16(2)22-21(24-19)25(3)14-17-9-5-4-6-10-17/h4-13H,14H2,1-3H3,(H,23,26). The number of amides is 1. The van der Waals surface area contributed by atoms with Crippen molar-refractivity contribution in [1.29, 1.82) is 0 Å². The van der Waals surface area contributed by atoms with Crippen molar-refractivity contribution < 1.29 is 4.79 Å². The maximum absolute atomic E-state index is 12.6. The van der Waals surface area contributed by atoms with Gasteiger partial charge in [0, 0.05) is 25.0 Å². The van der Waals surface area contributed by atoms with Gasteiger partial charge in [-0.3, -0.25) is 4.79 Å². The molecule has 1 aromatic heterocycles. The van der Waals surface area contributed by atoms with Gasteiger partial charge in [0.05, 0.1) is 0 Å². The van der Waals surface area contributed by atoms with Crippen molar-refractivity contribution in [2.75, 3.05) is 17.3 Å². The minimum atomic E-state index is -0.240. The molecule has 0 saturated heterocycles. The zero-order valence-corrected chi connectivity index (χ0v) is 15.2. The molecule has 0 aliphatic rings. The lowest BCUT2D eigenvalue weighted by atomic mass is 10.2. The van der Waals surface area contributed by atoms with Crippen LogP contribution in [0.1, 0.15) is 27.3 Å². The molecule has 5 nitrogen and oxygen atoms in total. The van der Waals surface area contributed by atoms with E-state index < -0.39 is 0 Å². The molecule has 0 unspecified atom stereocenters. The lowest BCUT2D eigenvalue weighted by Gasteiger charge is -2.18. The fourth-order valence-electron chi connectivity index (χ4n) is 2.69. The van der Waals surface area contributed by atoms with Crippen LogP contribution in [0, 0.1) is 13.8 Å². The van der Waals surface area contributed by atoms with E-state index in [1.54, 1.807) is 6.07 Å². The number of nitrogens with one attached hydrogen (secondary N) is 1. The fourth-order valence-corrected chi connectivity index (χ4v) is 2.69. The predicted octanol–water partition coefficient (Wildman–Crippen LogP) is 3.98. The molecule has 2 aromatic carbocycles. The van der Waals surface area contributed by atoms with Crippen molar-refractivity contribution in [3.63, 3.8) is 0 Å². The van der Waals surface area contributed by atoms with Crippen molar-refractivity contribution in [2.45, 2.75) is 20.4 Å². The first-order chi connectivity index (χ1) is 12.5. The van der Waals surface area contributed by atoms with Crippen LogP contribution in [0.3, 0.4) is 0 Å². The Labute approximate surface area is 153 Å². The summed E-state index contributed by atoms with van der Waals surface area (Å²) in [5.41, 5.74) is 4.11. The molecule has 0 fully saturated rings. The van der Waals surface area contributed by atoms with Gasteiger partial charge < -0.3 is 10.2 Å². The first-order valence-corrected chi connectivity index (χ1v) is 8.50. The molecule has 0 saturated carbocycles. The van der Waals surface area contributed by atoms with Crippen molar-refractivity contribution in [2.24, 2.45) is 0 Å². The highest BCUT2D eigenvalue weighted by atomic mass is 16.1. The molecule has 0 aliphatic carbocycles. The average Bonchev–Trinajstić information content (AvgIpc) is 2.62. The van der Waals surface area contributed by atoms with Gasteiger partial charge in [-0.05, 0) is 43.2 Å². The van der Waals surface area contributed by atoms with Crippen LogP contribution in [0.25, 0.3) is 0 Å². The molecule has 1 heterocycles. The summed E-state index contributed by atoms with van der Waals surface area (Å²) in [5, 5.41) is 2.89. The summed E-state index contributed by atoms with van der Waals surface area (Å²) in [6, 6.07) is 19.5. The molecule has 3 rings (SSSR count). The zero-order valence-electron chi connectivity index (χ0n) is 15.2. The Kier molecular flexibility index (Phi) is 5.27. The Morgan fingerprint density at radius 3 is 2.50 bits per heavy atom. The van der Waals surface area contributed by atoms with E-state index in [-0.39, 0.29) is 5.91 Å². The number of anilines is 2. The molecule has 1 N–H and O–H groups in total. The molecule has 132 valence electrons. The number of rotatable bonds is 5. The molecule has 0 aliphatic heterocycles. The highest BCUT2D eigenvalue weighted by Crippen LogP contribution is 2.15. The van der Waals surface area contributed by atoms with Gasteiger partial charge in [0.1, 0.15) is 5.69 Å². The number of hydrogen-bond acceptors (Lipinski definition) is 4. The molecule has 0 bridgehead atoms. The predicted molar refractivity (Wildman–Crippen MR) is 104 cm³/mol. The molecule has 3 aromatic rings. The van der Waals surface area contributed by atoms with Crippen molar-refractivity contribution in [3.05, 3.63) is 83.2 Å². The smallest absolute Gasteiger partial charge is 0.274 e. The minimum Gasteiger partial charge on any atom is -0.340 e. The quantitative estimate of drug-likeness (QED) is 0.759. The topological polar surface area (TPSA) is 58.1 Å². The van der Waals surface area contributed by atoms with Gasteiger partial charge in [0.15, 0.2) is 0 Å². The van der Waals surface area contributed by atoms with Crippen LogP contribution in [-0.4, -0.2) is 22.9 Å². The van der Waals surface area contributed by atoms with Gasteiger partial charge in [-0.2, -0.15) is 0 Å².